The maximum Gasteiger partial charge on any atom is 0.132 e. The lowest BCUT2D eigenvalue weighted by molar-refractivity contribution is 0.639. The van der Waals surface area contributed by atoms with E-state index >= 15 is 0 Å². The van der Waals surface area contributed by atoms with Gasteiger partial charge in [-0.2, -0.15) is 0 Å². The predicted octanol–water partition coefficient (Wildman–Crippen LogP) is 4.30. The standard InChI is InChI=1S/C8H3ClFIS/c9-8-3-5-6(10)1-4(11)2-7(5)12-8/h1-3H. The molecule has 0 atom stereocenters. The van der Waals surface area contributed by atoms with Gasteiger partial charge in [0, 0.05) is 13.7 Å². The van der Waals surface area contributed by atoms with Crippen molar-refractivity contribution < 1.29 is 4.39 Å². The van der Waals surface area contributed by atoms with Gasteiger partial charge < -0.3 is 0 Å². The lowest BCUT2D eigenvalue weighted by Gasteiger charge is -1.92. The Kier molecular flexibility index (Phi) is 2.27. The summed E-state index contributed by atoms with van der Waals surface area (Å²) in [5.41, 5.74) is 0. The molecule has 0 N–H and O–H groups in total. The van der Waals surface area contributed by atoms with E-state index in [9.17, 15) is 4.39 Å². The average Bonchev–Trinajstić information content (AvgIpc) is 2.29. The first-order valence-electron chi connectivity index (χ1n) is 3.21. The minimum Gasteiger partial charge on any atom is -0.206 e. The number of halogens is 3. The van der Waals surface area contributed by atoms with Gasteiger partial charge in [0.05, 0.1) is 4.34 Å². The molecule has 0 nitrogen and oxygen atoms in total. The molecule has 4 heteroatoms. The topological polar surface area (TPSA) is 0 Å². The Balaban J connectivity index is 2.88. The summed E-state index contributed by atoms with van der Waals surface area (Å²) in [5, 5.41) is 0.616. The second kappa shape index (κ2) is 3.12. The molecule has 62 valence electrons. The van der Waals surface area contributed by atoms with E-state index in [1.165, 1.54) is 17.4 Å². The van der Waals surface area contributed by atoms with E-state index in [-0.39, 0.29) is 5.82 Å². The molecule has 0 bridgehead atoms. The molecule has 0 unspecified atom stereocenters. The van der Waals surface area contributed by atoms with Crippen LogP contribution in [0.3, 0.4) is 0 Å². The Bertz CT molecular complexity index is 438. The maximum absolute atomic E-state index is 13.2. The number of hydrogen-bond donors (Lipinski definition) is 0. The summed E-state index contributed by atoms with van der Waals surface area (Å²) in [7, 11) is 0. The van der Waals surface area contributed by atoms with Gasteiger partial charge in [0.2, 0.25) is 0 Å². The van der Waals surface area contributed by atoms with Gasteiger partial charge in [-0.1, -0.05) is 11.6 Å². The molecule has 1 aromatic heterocycles. The Morgan fingerprint density at radius 3 is 2.83 bits per heavy atom. The molecular formula is C8H3ClFIS. The molecule has 0 aliphatic rings. The van der Waals surface area contributed by atoms with Crippen molar-refractivity contribution in [3.8, 4) is 0 Å². The number of benzene rings is 1. The summed E-state index contributed by atoms with van der Waals surface area (Å²) in [6.07, 6.45) is 0. The van der Waals surface area contributed by atoms with Gasteiger partial charge >= 0.3 is 0 Å². The van der Waals surface area contributed by atoms with Crippen LogP contribution >= 0.6 is 45.5 Å². The minimum atomic E-state index is -0.194. The van der Waals surface area contributed by atoms with Crippen LogP contribution in [-0.4, -0.2) is 0 Å². The van der Waals surface area contributed by atoms with Crippen molar-refractivity contribution in [3.63, 3.8) is 0 Å². The first-order chi connectivity index (χ1) is 5.66. The number of thiophene rings is 1. The van der Waals surface area contributed by atoms with Crippen LogP contribution in [0.4, 0.5) is 4.39 Å². The zero-order chi connectivity index (χ0) is 8.72. The van der Waals surface area contributed by atoms with E-state index in [4.69, 9.17) is 11.6 Å². The molecule has 1 heterocycles. The molecule has 1 aromatic carbocycles. The Hall–Kier alpha value is 0.130. The van der Waals surface area contributed by atoms with Crippen molar-refractivity contribution in [2.24, 2.45) is 0 Å². The van der Waals surface area contributed by atoms with Gasteiger partial charge in [0.15, 0.2) is 0 Å². The fraction of sp³-hybridized carbons (Fsp3) is 0. The highest BCUT2D eigenvalue weighted by molar-refractivity contribution is 14.1. The van der Waals surface area contributed by atoms with Gasteiger partial charge in [-0.25, -0.2) is 4.39 Å². The quantitative estimate of drug-likeness (QED) is 0.636. The molecule has 0 fully saturated rings. The summed E-state index contributed by atoms with van der Waals surface area (Å²) >= 11 is 9.24. The number of rotatable bonds is 0. The lowest BCUT2D eigenvalue weighted by Crippen LogP contribution is -1.76. The van der Waals surface area contributed by atoms with Crippen LogP contribution in [0.2, 0.25) is 4.34 Å². The third kappa shape index (κ3) is 1.45. The molecule has 0 aliphatic heterocycles. The highest BCUT2D eigenvalue weighted by Gasteiger charge is 2.05. The van der Waals surface area contributed by atoms with Crippen LogP contribution in [0.15, 0.2) is 18.2 Å². The first kappa shape index (κ1) is 8.72. The summed E-state index contributed by atoms with van der Waals surface area (Å²) < 4.78 is 15.6. The predicted molar refractivity (Wildman–Crippen MR) is 59.5 cm³/mol. The average molecular weight is 313 g/mol. The van der Waals surface area contributed by atoms with Crippen LogP contribution in [0.25, 0.3) is 10.1 Å². The molecular weight excluding hydrogens is 310 g/mol. The van der Waals surface area contributed by atoms with E-state index in [0.29, 0.717) is 9.72 Å². The highest BCUT2D eigenvalue weighted by atomic mass is 127. The van der Waals surface area contributed by atoms with Gasteiger partial charge in [-0.15, -0.1) is 11.3 Å². The largest absolute Gasteiger partial charge is 0.206 e. The summed E-state index contributed by atoms with van der Waals surface area (Å²) in [6.45, 7) is 0. The van der Waals surface area contributed by atoms with Crippen LogP contribution < -0.4 is 0 Å². The second-order valence-corrected chi connectivity index (χ2v) is 5.31. The van der Waals surface area contributed by atoms with Crippen LogP contribution in [0, 0.1) is 9.39 Å². The van der Waals surface area contributed by atoms with Crippen molar-refractivity contribution in [1.82, 2.24) is 0 Å². The molecule has 0 spiro atoms. The van der Waals surface area contributed by atoms with Crippen LogP contribution in [-0.2, 0) is 0 Å². The van der Waals surface area contributed by atoms with Gasteiger partial charge in [-0.05, 0) is 40.8 Å². The van der Waals surface area contributed by atoms with Gasteiger partial charge in [-0.3, -0.25) is 0 Å². The molecule has 0 amide bonds. The van der Waals surface area contributed by atoms with E-state index < -0.39 is 0 Å². The van der Waals surface area contributed by atoms with Crippen molar-refractivity contribution >= 4 is 55.6 Å². The Morgan fingerprint density at radius 2 is 2.08 bits per heavy atom. The molecule has 0 aliphatic carbocycles. The molecule has 2 aromatic rings. The van der Waals surface area contributed by atoms with Crippen molar-refractivity contribution in [2.45, 2.75) is 0 Å². The van der Waals surface area contributed by atoms with Crippen LogP contribution in [0.5, 0.6) is 0 Å². The van der Waals surface area contributed by atoms with Crippen LogP contribution in [0.1, 0.15) is 0 Å². The van der Waals surface area contributed by atoms with E-state index in [1.807, 2.05) is 6.07 Å². The lowest BCUT2D eigenvalue weighted by atomic mass is 10.2. The fourth-order valence-corrected chi connectivity index (χ4v) is 3.03. The molecule has 12 heavy (non-hydrogen) atoms. The second-order valence-electron chi connectivity index (χ2n) is 2.35. The number of fused-ring (bicyclic) bond motifs is 1. The first-order valence-corrected chi connectivity index (χ1v) is 5.48. The van der Waals surface area contributed by atoms with Gasteiger partial charge in [0.25, 0.3) is 0 Å². The summed E-state index contributed by atoms with van der Waals surface area (Å²) in [4.78, 5) is 0. The molecule has 0 saturated heterocycles. The Labute approximate surface area is 91.5 Å². The van der Waals surface area contributed by atoms with Gasteiger partial charge in [0.1, 0.15) is 5.82 Å². The summed E-state index contributed by atoms with van der Waals surface area (Å²) in [6, 6.07) is 5.09. The third-order valence-corrected chi connectivity index (χ3v) is 3.36. The molecule has 2 rings (SSSR count). The SMILES string of the molecule is Fc1cc(I)cc2sc(Cl)cc12. The minimum absolute atomic E-state index is 0.194. The zero-order valence-corrected chi connectivity index (χ0v) is 9.50. The molecule has 0 radical (unpaired) electrons. The zero-order valence-electron chi connectivity index (χ0n) is 5.77. The van der Waals surface area contributed by atoms with E-state index in [0.717, 1.165) is 8.27 Å². The smallest absolute Gasteiger partial charge is 0.132 e. The normalized spacial score (nSPS) is 10.9. The van der Waals surface area contributed by atoms with Crippen molar-refractivity contribution in [1.29, 1.82) is 0 Å². The van der Waals surface area contributed by atoms with Crippen molar-refractivity contribution in [3.05, 3.63) is 31.9 Å². The maximum atomic E-state index is 13.2. The fourth-order valence-electron chi connectivity index (χ4n) is 1.03. The third-order valence-electron chi connectivity index (χ3n) is 1.52. The van der Waals surface area contributed by atoms with Crippen molar-refractivity contribution in [2.75, 3.05) is 0 Å². The Morgan fingerprint density at radius 1 is 1.33 bits per heavy atom. The number of hydrogen-bond acceptors (Lipinski definition) is 1. The van der Waals surface area contributed by atoms with E-state index in [2.05, 4.69) is 22.6 Å². The van der Waals surface area contributed by atoms with E-state index in [1.54, 1.807) is 6.07 Å². The monoisotopic (exact) mass is 312 g/mol. The highest BCUT2D eigenvalue weighted by Crippen LogP contribution is 2.32. The molecule has 0 saturated carbocycles. The summed E-state index contributed by atoms with van der Waals surface area (Å²) in [5.74, 6) is -0.194.